The summed E-state index contributed by atoms with van der Waals surface area (Å²) in [5.74, 6) is 0.287. The molecule has 1 aliphatic rings. The molecule has 1 aliphatic heterocycles. The number of rotatable bonds is 8. The number of amides is 5. The quantitative estimate of drug-likeness (QED) is 0.194. The second kappa shape index (κ2) is 14.2. The highest BCUT2D eigenvalue weighted by molar-refractivity contribution is 6.08. The average Bonchev–Trinajstić information content (AvgIpc) is 3.06. The van der Waals surface area contributed by atoms with Gasteiger partial charge in [0.25, 0.3) is 5.91 Å². The lowest BCUT2D eigenvalue weighted by atomic mass is 9.99. The highest BCUT2D eigenvalue weighted by Gasteiger charge is 2.35. The van der Waals surface area contributed by atoms with Crippen molar-refractivity contribution in [3.63, 3.8) is 0 Å². The monoisotopic (exact) mass is 625 g/mol. The molecule has 4 aromatic rings. The van der Waals surface area contributed by atoms with E-state index in [9.17, 15) is 19.5 Å². The van der Waals surface area contributed by atoms with Crippen molar-refractivity contribution in [1.29, 1.82) is 0 Å². The number of hydrogen-bond acceptors (Lipinski definition) is 6. The van der Waals surface area contributed by atoms with E-state index in [0.717, 1.165) is 10.8 Å². The number of fused-ring (bicyclic) bond motifs is 2. The van der Waals surface area contributed by atoms with E-state index >= 15 is 0 Å². The topological polar surface area (TPSA) is 132 Å². The summed E-state index contributed by atoms with van der Waals surface area (Å²) in [6.45, 7) is 3.94. The molecular formula is C35H39N5O6. The molecule has 11 nitrogen and oxygen atoms in total. The van der Waals surface area contributed by atoms with Crippen LogP contribution in [0.2, 0.25) is 0 Å². The van der Waals surface area contributed by atoms with Crippen molar-refractivity contribution in [3.05, 3.63) is 90.5 Å². The smallest absolute Gasteiger partial charge is 0.323 e. The zero-order valence-electron chi connectivity index (χ0n) is 26.3. The number of hydrogen-bond donors (Lipinski definition) is 4. The Balaban J connectivity index is 1.41. The standard InChI is InChI=1S/C35H39N5O6/c1-22-19-40(23(2)21-41)33(42)28-12-8-14-30(38-34(43)37-29-13-7-10-24-9-5-6-11-27(24)29)32(28)46-31(22)20-39(3)35(44)36-25-15-17-26(45-4)18-16-25/h5-18,22-23,31,41H,19-21H2,1-4H3,(H,36,44)(H2,37,38,43)/t22-,23+,31+/m1/s1. The maximum atomic E-state index is 13.8. The van der Waals surface area contributed by atoms with Gasteiger partial charge in [-0.1, -0.05) is 49.4 Å². The zero-order valence-corrected chi connectivity index (χ0v) is 26.3. The molecule has 0 fully saturated rings. The molecule has 46 heavy (non-hydrogen) atoms. The summed E-state index contributed by atoms with van der Waals surface area (Å²) < 4.78 is 11.7. The number of carbonyl (C=O) groups is 3. The first-order chi connectivity index (χ1) is 22.2. The summed E-state index contributed by atoms with van der Waals surface area (Å²) >= 11 is 0. The van der Waals surface area contributed by atoms with Crippen LogP contribution in [0.15, 0.2) is 84.9 Å². The van der Waals surface area contributed by atoms with Crippen LogP contribution in [-0.2, 0) is 0 Å². The first kappa shape index (κ1) is 32.1. The number of aliphatic hydroxyl groups excluding tert-OH is 1. The largest absolute Gasteiger partial charge is 0.497 e. The third kappa shape index (κ3) is 7.16. The van der Waals surface area contributed by atoms with Crippen LogP contribution >= 0.6 is 0 Å². The van der Waals surface area contributed by atoms with E-state index in [-0.39, 0.29) is 48.9 Å². The van der Waals surface area contributed by atoms with Crippen molar-refractivity contribution in [2.75, 3.05) is 49.8 Å². The molecule has 0 saturated carbocycles. The van der Waals surface area contributed by atoms with Crippen LogP contribution in [0.25, 0.3) is 10.8 Å². The van der Waals surface area contributed by atoms with Crippen LogP contribution in [0.5, 0.6) is 11.5 Å². The maximum absolute atomic E-state index is 13.8. The van der Waals surface area contributed by atoms with Gasteiger partial charge in [0.2, 0.25) is 0 Å². The molecule has 5 rings (SSSR count). The minimum Gasteiger partial charge on any atom is -0.497 e. The Morgan fingerprint density at radius 3 is 2.39 bits per heavy atom. The van der Waals surface area contributed by atoms with E-state index in [2.05, 4.69) is 16.0 Å². The fourth-order valence-corrected chi connectivity index (χ4v) is 5.42. The van der Waals surface area contributed by atoms with Gasteiger partial charge in [0.15, 0.2) is 5.75 Å². The SMILES string of the molecule is COc1ccc(NC(=O)N(C)C[C@@H]2Oc3c(NC(=O)Nc4cccc5ccccc45)cccc3C(=O)N([C@@H](C)CO)C[C@H]2C)cc1. The van der Waals surface area contributed by atoms with Gasteiger partial charge in [0.05, 0.1) is 43.2 Å². The molecule has 0 saturated heterocycles. The molecule has 5 amide bonds. The normalized spacial score (nSPS) is 16.7. The lowest BCUT2D eigenvalue weighted by molar-refractivity contribution is 0.0373. The van der Waals surface area contributed by atoms with E-state index in [1.54, 1.807) is 68.4 Å². The van der Waals surface area contributed by atoms with Crippen LogP contribution in [0.3, 0.4) is 0 Å². The maximum Gasteiger partial charge on any atom is 0.323 e. The fraction of sp³-hybridized carbons (Fsp3) is 0.286. The van der Waals surface area contributed by atoms with Gasteiger partial charge in [-0.15, -0.1) is 0 Å². The number of anilines is 3. The van der Waals surface area contributed by atoms with E-state index < -0.39 is 18.2 Å². The third-order valence-corrected chi connectivity index (χ3v) is 8.12. The Hall–Kier alpha value is -5.29. The fourth-order valence-electron chi connectivity index (χ4n) is 5.42. The van der Waals surface area contributed by atoms with Crippen LogP contribution in [0.4, 0.5) is 26.7 Å². The summed E-state index contributed by atoms with van der Waals surface area (Å²) in [5.41, 5.74) is 1.77. The summed E-state index contributed by atoms with van der Waals surface area (Å²) in [7, 11) is 3.24. The molecule has 0 spiro atoms. The average molecular weight is 626 g/mol. The first-order valence-electron chi connectivity index (χ1n) is 15.1. The minimum atomic E-state index is -0.573. The van der Waals surface area contributed by atoms with Gasteiger partial charge in [0.1, 0.15) is 11.9 Å². The van der Waals surface area contributed by atoms with E-state index in [4.69, 9.17) is 9.47 Å². The van der Waals surface area contributed by atoms with E-state index in [1.807, 2.05) is 49.4 Å². The summed E-state index contributed by atoms with van der Waals surface area (Å²) in [4.78, 5) is 43.4. The van der Waals surface area contributed by atoms with E-state index in [0.29, 0.717) is 22.8 Å². The number of nitrogens with zero attached hydrogens (tertiary/aromatic N) is 2. The Morgan fingerprint density at radius 1 is 0.978 bits per heavy atom. The number of para-hydroxylation sites is 1. The van der Waals surface area contributed by atoms with Gasteiger partial charge in [-0.2, -0.15) is 0 Å². The summed E-state index contributed by atoms with van der Waals surface area (Å²) in [6.07, 6.45) is -0.573. The summed E-state index contributed by atoms with van der Waals surface area (Å²) in [6, 6.07) is 24.0. The van der Waals surface area contributed by atoms with Crippen LogP contribution in [0, 0.1) is 5.92 Å². The van der Waals surface area contributed by atoms with Crippen LogP contribution < -0.4 is 25.4 Å². The van der Waals surface area contributed by atoms with Crippen molar-refractivity contribution in [2.24, 2.45) is 5.92 Å². The number of aliphatic hydroxyl groups is 1. The number of methoxy groups -OCH3 is 1. The Labute approximate surface area is 268 Å². The van der Waals surface area contributed by atoms with Crippen molar-refractivity contribution in [3.8, 4) is 11.5 Å². The predicted molar refractivity (Wildman–Crippen MR) is 179 cm³/mol. The Kier molecular flexibility index (Phi) is 9.92. The Bertz CT molecular complexity index is 1710. The Morgan fingerprint density at radius 2 is 1.65 bits per heavy atom. The van der Waals surface area contributed by atoms with Crippen molar-refractivity contribution < 1.29 is 29.0 Å². The number of likely N-dealkylation sites (N-methyl/N-ethyl adjacent to an activating group) is 1. The van der Waals surface area contributed by atoms with Crippen molar-refractivity contribution >= 4 is 45.8 Å². The molecule has 4 aromatic carbocycles. The predicted octanol–water partition coefficient (Wildman–Crippen LogP) is 5.88. The van der Waals surface area contributed by atoms with Crippen LogP contribution in [-0.4, -0.2) is 78.9 Å². The lowest BCUT2D eigenvalue weighted by Gasteiger charge is -2.38. The van der Waals surface area contributed by atoms with Crippen molar-refractivity contribution in [2.45, 2.75) is 26.0 Å². The number of carbonyl (C=O) groups excluding carboxylic acids is 3. The summed E-state index contributed by atoms with van der Waals surface area (Å²) in [5, 5.41) is 20.5. The molecule has 240 valence electrons. The highest BCUT2D eigenvalue weighted by Crippen LogP contribution is 2.35. The number of ether oxygens (including phenoxy) is 2. The molecule has 0 aliphatic carbocycles. The van der Waals surface area contributed by atoms with E-state index in [1.165, 1.54) is 4.90 Å². The molecule has 0 radical (unpaired) electrons. The van der Waals surface area contributed by atoms with Crippen molar-refractivity contribution in [1.82, 2.24) is 9.80 Å². The van der Waals surface area contributed by atoms with Gasteiger partial charge in [-0.05, 0) is 54.8 Å². The second-order valence-electron chi connectivity index (χ2n) is 11.4. The molecule has 11 heteroatoms. The van der Waals surface area contributed by atoms with Gasteiger partial charge >= 0.3 is 12.1 Å². The molecule has 4 N–H and O–H groups in total. The third-order valence-electron chi connectivity index (χ3n) is 8.12. The van der Waals surface area contributed by atoms with Gasteiger partial charge in [0, 0.05) is 30.6 Å². The number of urea groups is 2. The molecule has 0 bridgehead atoms. The second-order valence-corrected chi connectivity index (χ2v) is 11.4. The highest BCUT2D eigenvalue weighted by atomic mass is 16.5. The molecular weight excluding hydrogens is 586 g/mol. The first-order valence-corrected chi connectivity index (χ1v) is 15.1. The zero-order chi connectivity index (χ0) is 32.8. The number of benzene rings is 4. The van der Waals surface area contributed by atoms with Crippen LogP contribution in [0.1, 0.15) is 24.2 Å². The van der Waals surface area contributed by atoms with Gasteiger partial charge in [-0.3, -0.25) is 4.79 Å². The lowest BCUT2D eigenvalue weighted by Crippen LogP contribution is -2.50. The molecule has 1 heterocycles. The minimum absolute atomic E-state index is 0.175. The molecule has 0 unspecified atom stereocenters. The van der Waals surface area contributed by atoms with Gasteiger partial charge < -0.3 is 40.3 Å². The molecule has 0 aromatic heterocycles. The number of nitrogens with one attached hydrogen (secondary N) is 3. The van der Waals surface area contributed by atoms with Gasteiger partial charge in [-0.25, -0.2) is 9.59 Å². The molecule has 3 atom stereocenters.